The summed E-state index contributed by atoms with van der Waals surface area (Å²) in [5.41, 5.74) is 5.79. The van der Waals surface area contributed by atoms with E-state index in [9.17, 15) is 14.4 Å². The normalized spacial score (nSPS) is 15.0. The summed E-state index contributed by atoms with van der Waals surface area (Å²) in [6, 6.07) is 11.8. The van der Waals surface area contributed by atoms with Crippen molar-refractivity contribution in [1.82, 2.24) is 39.9 Å². The van der Waals surface area contributed by atoms with E-state index in [-0.39, 0.29) is 35.6 Å². The molecule has 1 aromatic carbocycles. The lowest BCUT2D eigenvalue weighted by Crippen LogP contribution is -2.35. The number of nitrogens with zero attached hydrogens (tertiary/aromatic N) is 7. The number of amides is 2. The van der Waals surface area contributed by atoms with E-state index in [1.54, 1.807) is 25.3 Å². The molecule has 0 radical (unpaired) electrons. The van der Waals surface area contributed by atoms with Gasteiger partial charge in [0.05, 0.1) is 29.5 Å². The number of carboxylic acids is 1. The molecule has 0 spiro atoms. The fourth-order valence-electron chi connectivity index (χ4n) is 6.18. The summed E-state index contributed by atoms with van der Waals surface area (Å²) in [4.78, 5) is 54.9. The molecule has 47 heavy (non-hydrogen) atoms. The molecule has 238 valence electrons. The lowest BCUT2D eigenvalue weighted by atomic mass is 9.96. The van der Waals surface area contributed by atoms with Crippen LogP contribution in [0, 0.1) is 0 Å². The third kappa shape index (κ3) is 6.04. The zero-order chi connectivity index (χ0) is 32.5. The maximum atomic E-state index is 12.7. The van der Waals surface area contributed by atoms with Gasteiger partial charge >= 0.3 is 5.97 Å². The molecule has 13 heteroatoms. The summed E-state index contributed by atoms with van der Waals surface area (Å²) >= 11 is 0. The zero-order valence-corrected chi connectivity index (χ0v) is 25.7. The molecule has 13 nitrogen and oxygen atoms in total. The van der Waals surface area contributed by atoms with Crippen molar-refractivity contribution < 1.29 is 24.2 Å². The Balaban J connectivity index is 1.14. The Morgan fingerprint density at radius 2 is 1.81 bits per heavy atom. The Hall–Kier alpha value is -5.56. The van der Waals surface area contributed by atoms with Crippen LogP contribution < -0.4 is 5.32 Å². The maximum Gasteiger partial charge on any atom is 0.338 e. The summed E-state index contributed by atoms with van der Waals surface area (Å²) in [6.45, 7) is 4.29. The highest BCUT2D eigenvalue weighted by atomic mass is 16.5. The van der Waals surface area contributed by atoms with E-state index in [1.165, 1.54) is 18.1 Å². The first-order chi connectivity index (χ1) is 22.9. The van der Waals surface area contributed by atoms with E-state index >= 15 is 0 Å². The first-order valence-corrected chi connectivity index (χ1v) is 15.5. The average Bonchev–Trinajstić information content (AvgIpc) is 3.49. The number of aromatic carboxylic acids is 1. The van der Waals surface area contributed by atoms with Crippen molar-refractivity contribution >= 4 is 28.6 Å². The number of aromatic nitrogens is 6. The van der Waals surface area contributed by atoms with Crippen LogP contribution in [0.15, 0.2) is 61.2 Å². The van der Waals surface area contributed by atoms with Gasteiger partial charge in [-0.25, -0.2) is 14.8 Å². The Labute approximate surface area is 269 Å². The zero-order valence-electron chi connectivity index (χ0n) is 25.7. The van der Waals surface area contributed by atoms with Crippen molar-refractivity contribution in [1.29, 1.82) is 0 Å². The molecule has 2 N–H and O–H groups in total. The molecule has 0 saturated carbocycles. The van der Waals surface area contributed by atoms with Gasteiger partial charge in [-0.3, -0.25) is 24.2 Å². The molecular formula is C34H32N8O5. The summed E-state index contributed by atoms with van der Waals surface area (Å²) in [5, 5.41) is 18.8. The molecule has 5 aromatic rings. The monoisotopic (exact) mass is 632 g/mol. The molecule has 2 amide bonds. The number of ether oxygens (including phenoxy) is 1. The van der Waals surface area contributed by atoms with Gasteiger partial charge in [0.1, 0.15) is 11.5 Å². The first kappa shape index (κ1) is 30.1. The first-order valence-electron chi connectivity index (χ1n) is 15.5. The molecule has 0 aliphatic carbocycles. The molecular weight excluding hydrogens is 600 g/mol. The quantitative estimate of drug-likeness (QED) is 0.269. The van der Waals surface area contributed by atoms with Crippen LogP contribution in [0.1, 0.15) is 63.7 Å². The van der Waals surface area contributed by atoms with E-state index in [4.69, 9.17) is 19.9 Å². The SMILES string of the molecule is CC(=O)N1CCc2c(c(-c3cccc4cc(-c5ccc(C(=O)NCc6ncc(C(=O)O)cn6)nc5)ncc34)nn2C2CCOCC2)C1. The van der Waals surface area contributed by atoms with Crippen LogP contribution in [0.25, 0.3) is 33.3 Å². The van der Waals surface area contributed by atoms with Crippen LogP contribution in [0.2, 0.25) is 0 Å². The minimum atomic E-state index is -1.12. The summed E-state index contributed by atoms with van der Waals surface area (Å²) in [6.07, 6.45) is 8.43. The highest BCUT2D eigenvalue weighted by molar-refractivity contribution is 5.98. The van der Waals surface area contributed by atoms with Gasteiger partial charge in [-0.05, 0) is 36.4 Å². The summed E-state index contributed by atoms with van der Waals surface area (Å²) in [7, 11) is 0. The fourth-order valence-corrected chi connectivity index (χ4v) is 6.18. The highest BCUT2D eigenvalue weighted by Gasteiger charge is 2.30. The number of carbonyl (C=O) groups excluding carboxylic acids is 2. The Morgan fingerprint density at radius 1 is 1.00 bits per heavy atom. The molecule has 2 aliphatic heterocycles. The second-order valence-corrected chi connectivity index (χ2v) is 11.7. The largest absolute Gasteiger partial charge is 0.478 e. The third-order valence-electron chi connectivity index (χ3n) is 8.74. The lowest BCUT2D eigenvalue weighted by molar-refractivity contribution is -0.129. The molecule has 0 bridgehead atoms. The van der Waals surface area contributed by atoms with Crippen molar-refractivity contribution in [2.45, 2.75) is 45.3 Å². The summed E-state index contributed by atoms with van der Waals surface area (Å²) in [5.74, 6) is -1.19. The van der Waals surface area contributed by atoms with Gasteiger partial charge in [0.2, 0.25) is 5.91 Å². The van der Waals surface area contributed by atoms with Crippen molar-refractivity contribution in [3.05, 3.63) is 89.5 Å². The van der Waals surface area contributed by atoms with Crippen LogP contribution in [-0.4, -0.2) is 77.3 Å². The van der Waals surface area contributed by atoms with E-state index < -0.39 is 11.9 Å². The van der Waals surface area contributed by atoms with Crippen LogP contribution in [0.5, 0.6) is 0 Å². The molecule has 1 saturated heterocycles. The van der Waals surface area contributed by atoms with Gasteiger partial charge in [-0.15, -0.1) is 0 Å². The van der Waals surface area contributed by atoms with Crippen molar-refractivity contribution in [2.75, 3.05) is 19.8 Å². The van der Waals surface area contributed by atoms with Crippen molar-refractivity contribution in [2.24, 2.45) is 0 Å². The predicted octanol–water partition coefficient (Wildman–Crippen LogP) is 3.83. The van der Waals surface area contributed by atoms with Gasteiger partial charge in [-0.2, -0.15) is 5.10 Å². The van der Waals surface area contributed by atoms with E-state index in [2.05, 4.69) is 31.0 Å². The van der Waals surface area contributed by atoms with Crippen LogP contribution in [0.4, 0.5) is 0 Å². The maximum absolute atomic E-state index is 12.7. The predicted molar refractivity (Wildman–Crippen MR) is 170 cm³/mol. The van der Waals surface area contributed by atoms with Crippen molar-refractivity contribution in [3.8, 4) is 22.5 Å². The van der Waals surface area contributed by atoms with E-state index in [1.807, 2.05) is 29.3 Å². The molecule has 6 heterocycles. The number of hydrogen-bond acceptors (Lipinski definition) is 9. The second kappa shape index (κ2) is 12.7. The second-order valence-electron chi connectivity index (χ2n) is 11.7. The number of fused-ring (bicyclic) bond motifs is 2. The fraction of sp³-hybridized carbons (Fsp3) is 0.294. The lowest BCUT2D eigenvalue weighted by Gasteiger charge is -2.29. The van der Waals surface area contributed by atoms with Crippen LogP contribution >= 0.6 is 0 Å². The number of carbonyl (C=O) groups is 3. The van der Waals surface area contributed by atoms with E-state index in [0.717, 1.165) is 65.6 Å². The van der Waals surface area contributed by atoms with Crippen molar-refractivity contribution in [3.63, 3.8) is 0 Å². The number of pyridine rings is 2. The standard InChI is InChI=1S/C34H32N8O5/c1-20(43)41-10-7-30-27(19-41)32(40-42(30)24-8-11-47-12-9-24)25-4-2-3-21-13-29(36-17-26(21)25)22-5-6-28(35-14-22)33(44)39-18-31-37-15-23(16-38-31)34(45)46/h2-6,13-17,24H,7-12,18-19H2,1H3,(H,39,44)(H,45,46). The topological polar surface area (TPSA) is 165 Å². The third-order valence-corrected chi connectivity index (χ3v) is 8.74. The van der Waals surface area contributed by atoms with Gasteiger partial charge in [0.25, 0.3) is 5.91 Å². The molecule has 2 aliphatic rings. The number of benzene rings is 1. The molecule has 1 fully saturated rings. The highest BCUT2D eigenvalue weighted by Crippen LogP contribution is 2.37. The van der Waals surface area contributed by atoms with Gasteiger partial charge in [0.15, 0.2) is 0 Å². The molecule has 7 rings (SSSR count). The smallest absolute Gasteiger partial charge is 0.338 e. The van der Waals surface area contributed by atoms with Crippen LogP contribution in [-0.2, 0) is 29.0 Å². The molecule has 0 atom stereocenters. The Morgan fingerprint density at radius 3 is 2.53 bits per heavy atom. The Bertz CT molecular complexity index is 1980. The van der Waals surface area contributed by atoms with E-state index in [0.29, 0.717) is 18.8 Å². The minimum absolute atomic E-state index is 0.0278. The van der Waals surface area contributed by atoms with Gasteiger partial charge < -0.3 is 20.1 Å². The number of hydrogen-bond donors (Lipinski definition) is 2. The Kier molecular flexibility index (Phi) is 8.12. The molecule has 0 unspecified atom stereocenters. The van der Waals surface area contributed by atoms with Gasteiger partial charge in [0, 0.05) is 92.2 Å². The molecule has 4 aromatic heterocycles. The van der Waals surface area contributed by atoms with Gasteiger partial charge in [-0.1, -0.05) is 18.2 Å². The van der Waals surface area contributed by atoms with Crippen LogP contribution in [0.3, 0.4) is 0 Å². The number of nitrogens with one attached hydrogen (secondary N) is 1. The number of carboxylic acid groups (broad SMARTS) is 1. The average molecular weight is 633 g/mol. The minimum Gasteiger partial charge on any atom is -0.478 e. The summed E-state index contributed by atoms with van der Waals surface area (Å²) < 4.78 is 7.81. The number of rotatable bonds is 7.